The summed E-state index contributed by atoms with van der Waals surface area (Å²) in [5, 5.41) is 17.7. The van der Waals surface area contributed by atoms with E-state index in [1.54, 1.807) is 6.92 Å². The molecule has 0 aliphatic carbocycles. The maximum absolute atomic E-state index is 10.8. The van der Waals surface area contributed by atoms with Gasteiger partial charge in [0.2, 0.25) is 0 Å². The van der Waals surface area contributed by atoms with Crippen LogP contribution in [0.2, 0.25) is 0 Å². The van der Waals surface area contributed by atoms with Crippen molar-refractivity contribution in [2.45, 2.75) is 59.9 Å². The average molecular weight is 337 g/mol. The Morgan fingerprint density at radius 3 is 1.79 bits per heavy atom. The van der Waals surface area contributed by atoms with Gasteiger partial charge in [-0.15, -0.1) is 0 Å². The first-order valence-corrected chi connectivity index (χ1v) is 8.20. The van der Waals surface area contributed by atoms with E-state index >= 15 is 0 Å². The molecule has 0 saturated heterocycles. The standard InChI is InChI=1S/C10H15N.C9H16O4/c1-8-6-4-5-7-9(8)10(2,3)11;1-4-9(7(10)11,8(12)13)5-6(2)3/h4-7H,11H2,1-3H3;6H,4-5H2,1-3H3,(H,10,11)(H,12,13). The molecule has 0 heterocycles. The number of benzene rings is 1. The number of rotatable bonds is 6. The normalized spacial score (nSPS) is 11.7. The van der Waals surface area contributed by atoms with E-state index in [2.05, 4.69) is 19.1 Å². The van der Waals surface area contributed by atoms with E-state index in [4.69, 9.17) is 15.9 Å². The van der Waals surface area contributed by atoms with Crippen molar-refractivity contribution in [1.29, 1.82) is 0 Å². The van der Waals surface area contributed by atoms with Gasteiger partial charge in [0.05, 0.1) is 0 Å². The predicted molar refractivity (Wildman–Crippen MR) is 95.8 cm³/mol. The van der Waals surface area contributed by atoms with E-state index in [0.29, 0.717) is 0 Å². The van der Waals surface area contributed by atoms with Crippen molar-refractivity contribution in [1.82, 2.24) is 0 Å². The zero-order chi connectivity index (χ0) is 19.1. The van der Waals surface area contributed by atoms with Gasteiger partial charge in [0, 0.05) is 5.54 Å². The van der Waals surface area contributed by atoms with Crippen LogP contribution < -0.4 is 5.73 Å². The number of aryl methyl sites for hydroxylation is 1. The highest BCUT2D eigenvalue weighted by molar-refractivity contribution is 5.98. The van der Waals surface area contributed by atoms with Crippen molar-refractivity contribution in [3.63, 3.8) is 0 Å². The molecule has 1 rings (SSSR count). The summed E-state index contributed by atoms with van der Waals surface area (Å²) in [7, 11) is 0. The van der Waals surface area contributed by atoms with Crippen LogP contribution in [0.25, 0.3) is 0 Å². The summed E-state index contributed by atoms with van der Waals surface area (Å²) in [5.41, 5.74) is 6.62. The summed E-state index contributed by atoms with van der Waals surface area (Å²) < 4.78 is 0. The van der Waals surface area contributed by atoms with Crippen LogP contribution in [0.15, 0.2) is 24.3 Å². The average Bonchev–Trinajstić information content (AvgIpc) is 2.43. The van der Waals surface area contributed by atoms with Crippen molar-refractivity contribution in [3.8, 4) is 0 Å². The molecule has 1 aromatic carbocycles. The van der Waals surface area contributed by atoms with Crippen LogP contribution in [-0.2, 0) is 15.1 Å². The maximum Gasteiger partial charge on any atom is 0.321 e. The van der Waals surface area contributed by atoms with Gasteiger partial charge >= 0.3 is 11.9 Å². The van der Waals surface area contributed by atoms with Gasteiger partial charge < -0.3 is 15.9 Å². The molecule has 5 nitrogen and oxygen atoms in total. The topological polar surface area (TPSA) is 101 Å². The SMILES string of the molecule is CCC(CC(C)C)(C(=O)O)C(=O)O.Cc1ccccc1C(C)(C)N. The fourth-order valence-electron chi connectivity index (χ4n) is 2.71. The number of hydrogen-bond acceptors (Lipinski definition) is 3. The van der Waals surface area contributed by atoms with Gasteiger partial charge in [0.15, 0.2) is 5.41 Å². The van der Waals surface area contributed by atoms with Crippen LogP contribution >= 0.6 is 0 Å². The fourth-order valence-corrected chi connectivity index (χ4v) is 2.71. The summed E-state index contributed by atoms with van der Waals surface area (Å²) in [4.78, 5) is 21.7. The molecule has 0 radical (unpaired) electrons. The lowest BCUT2D eigenvalue weighted by Gasteiger charge is -2.24. The lowest BCUT2D eigenvalue weighted by molar-refractivity contribution is -0.166. The number of aliphatic carboxylic acids is 2. The van der Waals surface area contributed by atoms with Gasteiger partial charge in [-0.2, -0.15) is 0 Å². The number of carboxylic acid groups (broad SMARTS) is 2. The highest BCUT2D eigenvalue weighted by atomic mass is 16.4. The Balaban J connectivity index is 0.000000446. The molecule has 5 heteroatoms. The van der Waals surface area contributed by atoms with E-state index in [1.807, 2.05) is 39.8 Å². The van der Waals surface area contributed by atoms with Crippen molar-refractivity contribution >= 4 is 11.9 Å². The molecular weight excluding hydrogens is 306 g/mol. The summed E-state index contributed by atoms with van der Waals surface area (Å²) in [6, 6.07) is 8.22. The second kappa shape index (κ2) is 8.83. The molecule has 4 N–H and O–H groups in total. The first kappa shape index (κ1) is 22.1. The number of hydrogen-bond donors (Lipinski definition) is 3. The van der Waals surface area contributed by atoms with Crippen molar-refractivity contribution < 1.29 is 19.8 Å². The van der Waals surface area contributed by atoms with Crippen LogP contribution in [-0.4, -0.2) is 22.2 Å². The molecule has 0 atom stereocenters. The second-order valence-electron chi connectivity index (χ2n) is 7.18. The zero-order valence-corrected chi connectivity index (χ0v) is 15.6. The fraction of sp³-hybridized carbons (Fsp3) is 0.579. The minimum absolute atomic E-state index is 0.0622. The lowest BCUT2D eigenvalue weighted by atomic mass is 9.78. The molecule has 0 bridgehead atoms. The van der Waals surface area contributed by atoms with Gasteiger partial charge in [-0.1, -0.05) is 45.0 Å². The van der Waals surface area contributed by atoms with Crippen LogP contribution in [0.1, 0.15) is 58.6 Å². The Morgan fingerprint density at radius 1 is 1.12 bits per heavy atom. The minimum atomic E-state index is -1.60. The molecule has 0 amide bonds. The van der Waals surface area contributed by atoms with Crippen LogP contribution in [0.4, 0.5) is 0 Å². The number of carbonyl (C=O) groups is 2. The third-order valence-corrected chi connectivity index (χ3v) is 4.02. The number of carboxylic acids is 2. The summed E-state index contributed by atoms with van der Waals surface area (Å²) in [6.07, 6.45) is 0.296. The van der Waals surface area contributed by atoms with Gasteiger partial charge in [0.25, 0.3) is 0 Å². The molecule has 0 aliphatic heterocycles. The van der Waals surface area contributed by atoms with Crippen molar-refractivity contribution in [2.75, 3.05) is 0 Å². The summed E-state index contributed by atoms with van der Waals surface area (Å²) in [5.74, 6) is -2.42. The first-order valence-electron chi connectivity index (χ1n) is 8.20. The molecule has 0 unspecified atom stereocenters. The summed E-state index contributed by atoms with van der Waals surface area (Å²) in [6.45, 7) is 11.4. The van der Waals surface area contributed by atoms with E-state index in [-0.39, 0.29) is 24.3 Å². The predicted octanol–water partition coefficient (Wildman–Crippen LogP) is 3.79. The summed E-state index contributed by atoms with van der Waals surface area (Å²) >= 11 is 0. The highest BCUT2D eigenvalue weighted by Gasteiger charge is 2.45. The largest absolute Gasteiger partial charge is 0.480 e. The first-order chi connectivity index (χ1) is 10.9. The second-order valence-corrected chi connectivity index (χ2v) is 7.18. The molecular formula is C19H31NO4. The van der Waals surface area contributed by atoms with Crippen LogP contribution in [0.3, 0.4) is 0 Å². The third kappa shape index (κ3) is 5.96. The van der Waals surface area contributed by atoms with Crippen LogP contribution in [0.5, 0.6) is 0 Å². The Labute approximate surface area is 144 Å². The van der Waals surface area contributed by atoms with E-state index < -0.39 is 17.4 Å². The van der Waals surface area contributed by atoms with E-state index in [9.17, 15) is 9.59 Å². The molecule has 136 valence electrons. The lowest BCUT2D eigenvalue weighted by Crippen LogP contribution is -2.39. The van der Waals surface area contributed by atoms with Crippen molar-refractivity contribution in [3.05, 3.63) is 35.4 Å². The smallest absolute Gasteiger partial charge is 0.321 e. The Morgan fingerprint density at radius 2 is 1.58 bits per heavy atom. The molecule has 1 aromatic rings. The molecule has 0 spiro atoms. The zero-order valence-electron chi connectivity index (χ0n) is 15.6. The van der Waals surface area contributed by atoms with Gasteiger partial charge in [-0.05, 0) is 50.7 Å². The quantitative estimate of drug-likeness (QED) is 0.686. The van der Waals surface area contributed by atoms with E-state index in [1.165, 1.54) is 11.1 Å². The van der Waals surface area contributed by atoms with Gasteiger partial charge in [-0.25, -0.2) is 0 Å². The molecule has 0 aromatic heterocycles. The minimum Gasteiger partial charge on any atom is -0.480 e. The number of nitrogens with two attached hydrogens (primary N) is 1. The van der Waals surface area contributed by atoms with Gasteiger partial charge in [-0.3, -0.25) is 9.59 Å². The molecule has 24 heavy (non-hydrogen) atoms. The highest BCUT2D eigenvalue weighted by Crippen LogP contribution is 2.31. The van der Waals surface area contributed by atoms with Crippen LogP contribution in [0, 0.1) is 18.3 Å². The van der Waals surface area contributed by atoms with Crippen molar-refractivity contribution in [2.24, 2.45) is 17.1 Å². The Kier molecular flexibility index (Phi) is 8.14. The monoisotopic (exact) mass is 337 g/mol. The van der Waals surface area contributed by atoms with E-state index in [0.717, 1.165) is 0 Å². The Bertz CT molecular complexity index is 545. The third-order valence-electron chi connectivity index (χ3n) is 4.02. The van der Waals surface area contributed by atoms with Gasteiger partial charge in [0.1, 0.15) is 0 Å². The molecule has 0 fully saturated rings. The maximum atomic E-state index is 10.8. The molecule has 0 aliphatic rings. The molecule has 0 saturated carbocycles. The Hall–Kier alpha value is -1.88.